The van der Waals surface area contributed by atoms with Crippen LogP contribution in [0.4, 0.5) is 0 Å². The van der Waals surface area contributed by atoms with E-state index in [-0.39, 0.29) is 17.5 Å². The summed E-state index contributed by atoms with van der Waals surface area (Å²) in [5, 5.41) is 6.07. The minimum Gasteiger partial charge on any atom is -0.381 e. The smallest absolute Gasteiger partial charge is 0.259 e. The van der Waals surface area contributed by atoms with Gasteiger partial charge in [-0.05, 0) is 70.3 Å². The Morgan fingerprint density at radius 2 is 1.97 bits per heavy atom. The second-order valence-corrected chi connectivity index (χ2v) is 9.62. The predicted molar refractivity (Wildman–Crippen MR) is 129 cm³/mol. The quantitative estimate of drug-likeness (QED) is 0.645. The number of pyridine rings is 1. The number of amides is 1. The van der Waals surface area contributed by atoms with Crippen molar-refractivity contribution in [3.05, 3.63) is 39.8 Å². The normalized spacial score (nSPS) is 20.3. The van der Waals surface area contributed by atoms with Crippen molar-refractivity contribution >= 4 is 27.7 Å². The third-order valence-corrected chi connectivity index (χ3v) is 7.31. The van der Waals surface area contributed by atoms with Gasteiger partial charge in [-0.25, -0.2) is 0 Å². The fraction of sp³-hybridized carbons (Fsp3) is 0.560. The molecular formula is C25H33N5O3. The van der Waals surface area contributed by atoms with Gasteiger partial charge in [-0.3, -0.25) is 14.3 Å². The number of aromatic amines is 1. The summed E-state index contributed by atoms with van der Waals surface area (Å²) in [4.78, 5) is 33.5. The molecule has 33 heavy (non-hydrogen) atoms. The molecule has 5 rings (SSSR count). The molecule has 1 atom stereocenters. The monoisotopic (exact) mass is 451 g/mol. The first-order chi connectivity index (χ1) is 16.0. The molecule has 2 saturated heterocycles. The molecule has 0 radical (unpaired) electrons. The average molecular weight is 452 g/mol. The lowest BCUT2D eigenvalue weighted by molar-refractivity contribution is 0.0551. The van der Waals surface area contributed by atoms with E-state index < -0.39 is 0 Å². The van der Waals surface area contributed by atoms with E-state index in [4.69, 9.17) is 4.74 Å². The van der Waals surface area contributed by atoms with E-state index in [1.54, 1.807) is 6.20 Å². The van der Waals surface area contributed by atoms with Crippen LogP contribution in [0.3, 0.4) is 0 Å². The van der Waals surface area contributed by atoms with Gasteiger partial charge in [0.25, 0.3) is 11.5 Å². The number of fused-ring (bicyclic) bond motifs is 3. The molecule has 8 heteroatoms. The lowest BCUT2D eigenvalue weighted by Gasteiger charge is -2.32. The highest BCUT2D eigenvalue weighted by Crippen LogP contribution is 2.30. The van der Waals surface area contributed by atoms with E-state index >= 15 is 0 Å². The van der Waals surface area contributed by atoms with Crippen molar-refractivity contribution in [3.63, 3.8) is 0 Å². The van der Waals surface area contributed by atoms with Gasteiger partial charge in [0, 0.05) is 43.8 Å². The molecule has 8 nitrogen and oxygen atoms in total. The second-order valence-electron chi connectivity index (χ2n) is 9.62. The van der Waals surface area contributed by atoms with Crippen molar-refractivity contribution in [2.24, 2.45) is 5.92 Å². The summed E-state index contributed by atoms with van der Waals surface area (Å²) in [6.07, 6.45) is 4.60. The van der Waals surface area contributed by atoms with Crippen LogP contribution in [0.1, 0.15) is 48.1 Å². The maximum absolute atomic E-state index is 13.5. The van der Waals surface area contributed by atoms with Gasteiger partial charge >= 0.3 is 0 Å². The van der Waals surface area contributed by atoms with E-state index in [2.05, 4.69) is 22.0 Å². The number of hydrogen-bond acceptors (Lipinski definition) is 5. The molecule has 2 fully saturated rings. The SMILES string of the molecule is CCOCC1CCN(C(=O)c2cc3c(cc2C)[nH]c(=O)c2cnn([C@H]4CCN(C)C4)c23)CC1. The molecule has 0 saturated carbocycles. The van der Waals surface area contributed by atoms with Crippen LogP contribution in [-0.4, -0.2) is 76.9 Å². The van der Waals surface area contributed by atoms with Crippen molar-refractivity contribution < 1.29 is 9.53 Å². The van der Waals surface area contributed by atoms with Crippen LogP contribution >= 0.6 is 0 Å². The van der Waals surface area contributed by atoms with Crippen LogP contribution in [0.25, 0.3) is 21.8 Å². The molecule has 0 bridgehead atoms. The Bertz CT molecular complexity index is 1240. The summed E-state index contributed by atoms with van der Waals surface area (Å²) in [7, 11) is 2.11. The Balaban J connectivity index is 1.51. The van der Waals surface area contributed by atoms with Gasteiger partial charge < -0.3 is 19.5 Å². The minimum atomic E-state index is -0.134. The molecular weight excluding hydrogens is 418 g/mol. The summed E-state index contributed by atoms with van der Waals surface area (Å²) in [5.41, 5.74) is 3.04. The zero-order valence-corrected chi connectivity index (χ0v) is 19.8. The van der Waals surface area contributed by atoms with Gasteiger partial charge in [-0.2, -0.15) is 5.10 Å². The van der Waals surface area contributed by atoms with Crippen LogP contribution in [0.15, 0.2) is 23.1 Å². The van der Waals surface area contributed by atoms with Crippen molar-refractivity contribution in [3.8, 4) is 0 Å². The Hall–Kier alpha value is -2.71. The van der Waals surface area contributed by atoms with Crippen LogP contribution in [-0.2, 0) is 4.74 Å². The van der Waals surface area contributed by atoms with E-state index in [9.17, 15) is 9.59 Å². The summed E-state index contributed by atoms with van der Waals surface area (Å²) in [6, 6.07) is 4.12. The number of carbonyl (C=O) groups excluding carboxylic acids is 1. The maximum Gasteiger partial charge on any atom is 0.259 e. The summed E-state index contributed by atoms with van der Waals surface area (Å²) in [5.74, 6) is 0.588. The Labute approximate surface area is 193 Å². The highest BCUT2D eigenvalue weighted by molar-refractivity contribution is 6.07. The number of carbonyl (C=O) groups is 1. The highest BCUT2D eigenvalue weighted by Gasteiger charge is 2.27. The minimum absolute atomic E-state index is 0.0651. The van der Waals surface area contributed by atoms with Crippen molar-refractivity contribution in [2.45, 2.75) is 39.2 Å². The fourth-order valence-electron chi connectivity index (χ4n) is 5.37. The lowest BCUT2D eigenvalue weighted by Crippen LogP contribution is -2.39. The molecule has 4 heterocycles. The number of nitrogens with one attached hydrogen (secondary N) is 1. The molecule has 3 aromatic rings. The first kappa shape index (κ1) is 22.1. The summed E-state index contributed by atoms with van der Waals surface area (Å²) in [6.45, 7) is 8.89. The number of likely N-dealkylation sites (N-methyl/N-ethyl adjacent to an activating group) is 1. The number of ether oxygens (including phenoxy) is 1. The Morgan fingerprint density at radius 3 is 2.67 bits per heavy atom. The Morgan fingerprint density at radius 1 is 1.18 bits per heavy atom. The van der Waals surface area contributed by atoms with Gasteiger partial charge in [0.15, 0.2) is 0 Å². The largest absolute Gasteiger partial charge is 0.381 e. The number of rotatable bonds is 5. The number of nitrogens with zero attached hydrogens (tertiary/aromatic N) is 4. The number of hydrogen-bond donors (Lipinski definition) is 1. The number of aromatic nitrogens is 3. The zero-order valence-electron chi connectivity index (χ0n) is 19.8. The number of benzene rings is 1. The number of H-pyrrole nitrogens is 1. The fourth-order valence-corrected chi connectivity index (χ4v) is 5.37. The van der Waals surface area contributed by atoms with Crippen LogP contribution < -0.4 is 5.56 Å². The van der Waals surface area contributed by atoms with Gasteiger partial charge in [0.1, 0.15) is 0 Å². The van der Waals surface area contributed by atoms with Gasteiger partial charge in [-0.15, -0.1) is 0 Å². The molecule has 1 aromatic carbocycles. The molecule has 0 aliphatic carbocycles. The van der Waals surface area contributed by atoms with Gasteiger partial charge in [0.05, 0.1) is 28.7 Å². The zero-order chi connectivity index (χ0) is 23.1. The topological polar surface area (TPSA) is 83.5 Å². The summed E-state index contributed by atoms with van der Waals surface area (Å²) >= 11 is 0. The van der Waals surface area contributed by atoms with Crippen LogP contribution in [0, 0.1) is 12.8 Å². The standard InChI is InChI=1S/C25H33N5O3/c1-4-33-15-17-5-9-29(10-6-17)25(32)19-12-20-22(11-16(19)2)27-24(31)21-13-26-30(23(20)21)18-7-8-28(3)14-18/h11-13,17-18H,4-10,14-15H2,1-3H3,(H,27,31)/t18-/m0/s1. The maximum atomic E-state index is 13.5. The van der Waals surface area contributed by atoms with E-state index in [1.807, 2.05) is 35.6 Å². The van der Waals surface area contributed by atoms with Crippen molar-refractivity contribution in [2.75, 3.05) is 46.4 Å². The molecule has 0 unspecified atom stereocenters. The molecule has 2 aliphatic rings. The number of likely N-dealkylation sites (tertiary alicyclic amines) is 2. The molecule has 2 aromatic heterocycles. The highest BCUT2D eigenvalue weighted by atomic mass is 16.5. The van der Waals surface area contributed by atoms with Crippen LogP contribution in [0.5, 0.6) is 0 Å². The van der Waals surface area contributed by atoms with Gasteiger partial charge in [-0.1, -0.05) is 0 Å². The molecule has 176 valence electrons. The molecule has 0 spiro atoms. The van der Waals surface area contributed by atoms with Crippen molar-refractivity contribution in [1.29, 1.82) is 0 Å². The van der Waals surface area contributed by atoms with E-state index in [0.717, 1.165) is 80.6 Å². The summed E-state index contributed by atoms with van der Waals surface area (Å²) < 4.78 is 7.58. The van der Waals surface area contributed by atoms with E-state index in [1.165, 1.54) is 0 Å². The van der Waals surface area contributed by atoms with Crippen molar-refractivity contribution in [1.82, 2.24) is 24.6 Å². The van der Waals surface area contributed by atoms with E-state index in [0.29, 0.717) is 16.9 Å². The third-order valence-electron chi connectivity index (χ3n) is 7.31. The first-order valence-electron chi connectivity index (χ1n) is 12.1. The molecule has 1 N–H and O–H groups in total. The lowest BCUT2D eigenvalue weighted by atomic mass is 9.96. The first-order valence-corrected chi connectivity index (χ1v) is 12.1. The predicted octanol–water partition coefficient (Wildman–Crippen LogP) is 2.95. The second kappa shape index (κ2) is 8.91. The van der Waals surface area contributed by atoms with Gasteiger partial charge in [0.2, 0.25) is 0 Å². The number of piperidine rings is 1. The molecule has 2 aliphatic heterocycles. The Kier molecular flexibility index (Phi) is 5.97. The third kappa shape index (κ3) is 4.06. The van der Waals surface area contributed by atoms with Crippen LogP contribution in [0.2, 0.25) is 0 Å². The molecule has 1 amide bonds. The average Bonchev–Trinajstić information content (AvgIpc) is 3.44. The number of aryl methyl sites for hydroxylation is 1.